The van der Waals surface area contributed by atoms with Crippen molar-refractivity contribution in [2.24, 2.45) is 0 Å². The molecule has 1 aromatic carbocycles. The Balaban J connectivity index is 2.05. The number of hydrogen-bond donors (Lipinski definition) is 1. The number of fused-ring (bicyclic) bond motifs is 1. The summed E-state index contributed by atoms with van der Waals surface area (Å²) in [6.07, 6.45) is 6.55. The van der Waals surface area contributed by atoms with Crippen LogP contribution in [0.3, 0.4) is 0 Å². The third-order valence-electron chi connectivity index (χ3n) is 3.90. The van der Waals surface area contributed by atoms with Crippen LogP contribution < -0.4 is 5.32 Å². The number of benzene rings is 1. The molecule has 0 spiro atoms. The van der Waals surface area contributed by atoms with E-state index in [1.54, 1.807) is 0 Å². The van der Waals surface area contributed by atoms with E-state index in [1.807, 2.05) is 37.5 Å². The van der Waals surface area contributed by atoms with Crippen molar-refractivity contribution in [2.75, 3.05) is 7.05 Å². The quantitative estimate of drug-likeness (QED) is 0.854. The lowest BCUT2D eigenvalue weighted by Gasteiger charge is -2.16. The first kappa shape index (κ1) is 13.5. The molecule has 2 aromatic rings. The predicted molar refractivity (Wildman–Crippen MR) is 81.8 cm³/mol. The molecule has 0 saturated heterocycles. The maximum absolute atomic E-state index is 6.24. The van der Waals surface area contributed by atoms with Gasteiger partial charge in [0.05, 0.1) is 5.02 Å². The number of halogens is 1. The third kappa shape index (κ3) is 2.56. The van der Waals surface area contributed by atoms with Crippen LogP contribution >= 0.6 is 11.6 Å². The zero-order valence-corrected chi connectivity index (χ0v) is 12.3. The number of hydrogen-bond acceptors (Lipinski definition) is 3. The van der Waals surface area contributed by atoms with Gasteiger partial charge in [-0.2, -0.15) is 0 Å². The van der Waals surface area contributed by atoms with Crippen molar-refractivity contribution < 1.29 is 0 Å². The Kier molecular flexibility index (Phi) is 3.99. The van der Waals surface area contributed by atoms with E-state index in [-0.39, 0.29) is 0 Å². The molecule has 0 radical (unpaired) electrons. The second kappa shape index (κ2) is 5.90. The van der Waals surface area contributed by atoms with Crippen LogP contribution in [0.1, 0.15) is 36.6 Å². The summed E-state index contributed by atoms with van der Waals surface area (Å²) in [4.78, 5) is 9.29. The van der Waals surface area contributed by atoms with E-state index in [4.69, 9.17) is 16.6 Å². The van der Waals surface area contributed by atoms with Crippen molar-refractivity contribution in [1.29, 1.82) is 0 Å². The smallest absolute Gasteiger partial charge is 0.160 e. The first-order valence-electron chi connectivity index (χ1n) is 7.07. The summed E-state index contributed by atoms with van der Waals surface area (Å²) in [5, 5.41) is 4.06. The van der Waals surface area contributed by atoms with Gasteiger partial charge in [0.1, 0.15) is 0 Å². The highest BCUT2D eigenvalue weighted by Gasteiger charge is 2.19. The van der Waals surface area contributed by atoms with Crippen LogP contribution in [0.15, 0.2) is 30.5 Å². The highest BCUT2D eigenvalue weighted by atomic mass is 35.5. The Hall–Kier alpha value is -1.45. The fourth-order valence-electron chi connectivity index (χ4n) is 2.79. The second-order valence-electron chi connectivity index (χ2n) is 5.16. The molecule has 1 atom stereocenters. The van der Waals surface area contributed by atoms with E-state index in [0.29, 0.717) is 11.1 Å². The Morgan fingerprint density at radius 1 is 1.25 bits per heavy atom. The normalized spacial score (nSPS) is 18.4. The summed E-state index contributed by atoms with van der Waals surface area (Å²) in [5.41, 5.74) is 3.30. The lowest BCUT2D eigenvalue weighted by Crippen LogP contribution is -2.17. The molecule has 1 aromatic heterocycles. The molecule has 1 N–H and O–H groups in total. The highest BCUT2D eigenvalue weighted by Crippen LogP contribution is 2.30. The van der Waals surface area contributed by atoms with Crippen LogP contribution in [-0.4, -0.2) is 17.0 Å². The average molecular weight is 288 g/mol. The van der Waals surface area contributed by atoms with E-state index < -0.39 is 0 Å². The van der Waals surface area contributed by atoms with E-state index in [1.165, 1.54) is 18.4 Å². The topological polar surface area (TPSA) is 37.8 Å². The highest BCUT2D eigenvalue weighted by molar-refractivity contribution is 6.33. The molecule has 3 nitrogen and oxygen atoms in total. The molecule has 3 rings (SSSR count). The number of aromatic nitrogens is 2. The summed E-state index contributed by atoms with van der Waals surface area (Å²) < 4.78 is 0. The van der Waals surface area contributed by atoms with Gasteiger partial charge in [-0.1, -0.05) is 30.2 Å². The van der Waals surface area contributed by atoms with Gasteiger partial charge in [-0.15, -0.1) is 0 Å². The van der Waals surface area contributed by atoms with Crippen molar-refractivity contribution in [1.82, 2.24) is 15.3 Å². The van der Waals surface area contributed by atoms with E-state index in [2.05, 4.69) is 10.3 Å². The van der Waals surface area contributed by atoms with Crippen LogP contribution in [0.4, 0.5) is 0 Å². The Morgan fingerprint density at radius 2 is 2.10 bits per heavy atom. The monoisotopic (exact) mass is 287 g/mol. The van der Waals surface area contributed by atoms with Crippen LogP contribution in [0.2, 0.25) is 5.02 Å². The Bertz CT molecular complexity index is 612. The fraction of sp³-hybridized carbons (Fsp3) is 0.375. The molecular weight excluding hydrogens is 270 g/mol. The van der Waals surface area contributed by atoms with Crippen LogP contribution in [0.25, 0.3) is 11.4 Å². The second-order valence-corrected chi connectivity index (χ2v) is 5.57. The number of rotatable bonds is 2. The summed E-state index contributed by atoms with van der Waals surface area (Å²) >= 11 is 6.24. The van der Waals surface area contributed by atoms with Gasteiger partial charge >= 0.3 is 0 Å². The lowest BCUT2D eigenvalue weighted by molar-refractivity contribution is 0.532. The maximum Gasteiger partial charge on any atom is 0.160 e. The van der Waals surface area contributed by atoms with Crippen molar-refractivity contribution >= 4 is 11.6 Å². The van der Waals surface area contributed by atoms with Crippen molar-refractivity contribution in [2.45, 2.75) is 31.7 Å². The molecule has 0 saturated carbocycles. The molecule has 1 aliphatic rings. The van der Waals surface area contributed by atoms with Crippen LogP contribution in [0, 0.1) is 0 Å². The van der Waals surface area contributed by atoms with Gasteiger partial charge in [-0.3, -0.25) is 0 Å². The van der Waals surface area contributed by atoms with Gasteiger partial charge < -0.3 is 5.32 Å². The molecule has 1 heterocycles. The zero-order chi connectivity index (χ0) is 13.9. The minimum Gasteiger partial charge on any atom is -0.313 e. The zero-order valence-electron chi connectivity index (χ0n) is 11.6. The van der Waals surface area contributed by atoms with Crippen LogP contribution in [-0.2, 0) is 6.42 Å². The molecule has 4 heteroatoms. The largest absolute Gasteiger partial charge is 0.313 e. The van der Waals surface area contributed by atoms with Crippen LogP contribution in [0.5, 0.6) is 0 Å². The van der Waals surface area contributed by atoms with E-state index in [0.717, 1.165) is 29.9 Å². The number of aryl methyl sites for hydroxylation is 1. The number of nitrogens with one attached hydrogen (secondary N) is 1. The van der Waals surface area contributed by atoms with Crippen molar-refractivity contribution in [3.8, 4) is 11.4 Å². The number of nitrogens with zero attached hydrogens (tertiary/aromatic N) is 2. The van der Waals surface area contributed by atoms with Gasteiger partial charge in [0.2, 0.25) is 0 Å². The summed E-state index contributed by atoms with van der Waals surface area (Å²) in [5.74, 6) is 0.728. The Morgan fingerprint density at radius 3 is 2.90 bits per heavy atom. The van der Waals surface area contributed by atoms with Crippen molar-refractivity contribution in [3.05, 3.63) is 46.7 Å². The molecule has 0 aliphatic heterocycles. The molecular formula is C16H18ClN3. The Labute approximate surface area is 124 Å². The fourth-order valence-corrected chi connectivity index (χ4v) is 3.01. The molecule has 20 heavy (non-hydrogen) atoms. The maximum atomic E-state index is 6.24. The first-order valence-corrected chi connectivity index (χ1v) is 7.45. The SMILES string of the molecule is CNC1CCCCc2nc(-c3ccccc3Cl)ncc21. The van der Waals surface area contributed by atoms with Gasteiger partial charge in [0, 0.05) is 29.1 Å². The molecule has 1 unspecified atom stereocenters. The third-order valence-corrected chi connectivity index (χ3v) is 4.22. The van der Waals surface area contributed by atoms with Gasteiger partial charge in [0.15, 0.2) is 5.82 Å². The standard InChI is InChI=1S/C16H18ClN3/c1-18-14-8-4-5-9-15-12(14)10-19-16(20-15)11-6-2-3-7-13(11)17/h2-3,6-7,10,14,18H,4-5,8-9H2,1H3. The molecule has 104 valence electrons. The minimum absolute atomic E-state index is 0.368. The summed E-state index contributed by atoms with van der Waals surface area (Å²) in [6.45, 7) is 0. The van der Waals surface area contributed by atoms with E-state index in [9.17, 15) is 0 Å². The minimum atomic E-state index is 0.368. The van der Waals surface area contributed by atoms with E-state index >= 15 is 0 Å². The average Bonchev–Trinajstić information content (AvgIpc) is 2.69. The summed E-state index contributed by atoms with van der Waals surface area (Å²) in [7, 11) is 2.00. The lowest BCUT2D eigenvalue weighted by atomic mass is 10.0. The van der Waals surface area contributed by atoms with Crippen molar-refractivity contribution in [3.63, 3.8) is 0 Å². The summed E-state index contributed by atoms with van der Waals surface area (Å²) in [6, 6.07) is 8.10. The first-order chi connectivity index (χ1) is 9.79. The molecule has 0 amide bonds. The molecule has 1 aliphatic carbocycles. The van der Waals surface area contributed by atoms with Gasteiger partial charge in [-0.25, -0.2) is 9.97 Å². The molecule has 0 bridgehead atoms. The van der Waals surface area contributed by atoms with Gasteiger partial charge in [-0.05, 0) is 38.4 Å². The predicted octanol–water partition coefficient (Wildman–Crippen LogP) is 3.78. The van der Waals surface area contributed by atoms with Gasteiger partial charge in [0.25, 0.3) is 0 Å². The molecule has 0 fully saturated rings.